The van der Waals surface area contributed by atoms with Crippen molar-refractivity contribution in [2.75, 3.05) is 48.1 Å². The van der Waals surface area contributed by atoms with Crippen LogP contribution in [-0.2, 0) is 33.3 Å². The topological polar surface area (TPSA) is 112 Å². The number of nitrogens with two attached hydrogens (primary N) is 1. The maximum atomic E-state index is 14.2. The van der Waals surface area contributed by atoms with E-state index in [9.17, 15) is 9.59 Å². The van der Waals surface area contributed by atoms with Gasteiger partial charge in [0.25, 0.3) is 0 Å². The molecule has 13 atom stereocenters. The van der Waals surface area contributed by atoms with Crippen LogP contribution in [0.15, 0.2) is 0 Å². The molecule has 6 rings (SSSR count). The van der Waals surface area contributed by atoms with E-state index in [1.165, 1.54) is 0 Å². The lowest BCUT2D eigenvalue weighted by Gasteiger charge is -2.53. The summed E-state index contributed by atoms with van der Waals surface area (Å²) >= 11 is 0. The van der Waals surface area contributed by atoms with Crippen molar-refractivity contribution in [2.24, 2.45) is 29.6 Å². The largest absolute Gasteiger partial charge is 0.379 e. The minimum absolute atomic E-state index is 0.0170. The molecule has 41 heavy (non-hydrogen) atoms. The first-order valence-corrected chi connectivity index (χ1v) is 16.1. The average Bonchev–Trinajstić information content (AvgIpc) is 3.35. The molecule has 6 aliphatic rings. The normalized spacial score (nSPS) is 45.5. The summed E-state index contributed by atoms with van der Waals surface area (Å²) < 4.78 is 29.1. The van der Waals surface area contributed by atoms with Crippen molar-refractivity contribution in [3.8, 4) is 0 Å². The molecule has 3 aliphatic carbocycles. The Labute approximate surface area is 244 Å². The molecule has 10 nitrogen and oxygen atoms in total. The smallest absolute Gasteiger partial charge is 0.246 e. The van der Waals surface area contributed by atoms with Crippen molar-refractivity contribution in [2.45, 2.75) is 106 Å². The number of hydrogen-bond acceptors (Lipinski definition) is 7. The maximum Gasteiger partial charge on any atom is 0.246 e. The van der Waals surface area contributed by atoms with Crippen LogP contribution in [0.25, 0.3) is 0 Å². The number of methoxy groups -OCH3 is 4. The van der Waals surface area contributed by atoms with E-state index in [4.69, 9.17) is 23.7 Å². The summed E-state index contributed by atoms with van der Waals surface area (Å²) in [6.45, 7) is 1.88. The van der Waals surface area contributed by atoms with Gasteiger partial charge < -0.3 is 39.2 Å². The zero-order chi connectivity index (χ0) is 28.7. The first-order chi connectivity index (χ1) is 20.0. The molecule has 3 N–H and O–H groups in total. The van der Waals surface area contributed by atoms with Crippen LogP contribution >= 0.6 is 0 Å². The number of hydrogen-bond donors (Lipinski definition) is 2. The van der Waals surface area contributed by atoms with Gasteiger partial charge in [-0.2, -0.15) is 0 Å². The Morgan fingerprint density at radius 1 is 0.854 bits per heavy atom. The van der Waals surface area contributed by atoms with Crippen LogP contribution in [0.4, 0.5) is 0 Å². The first kappa shape index (κ1) is 29.8. The minimum Gasteiger partial charge on any atom is -0.379 e. The summed E-state index contributed by atoms with van der Waals surface area (Å²) in [4.78, 5) is 29.3. The van der Waals surface area contributed by atoms with Crippen LogP contribution < -0.4 is 10.6 Å². The highest BCUT2D eigenvalue weighted by atomic mass is 16.5. The third-order valence-corrected chi connectivity index (χ3v) is 11.9. The molecule has 2 amide bonds. The molecular weight excluding hydrogens is 526 g/mol. The van der Waals surface area contributed by atoms with E-state index < -0.39 is 0 Å². The van der Waals surface area contributed by atoms with Crippen LogP contribution in [0.2, 0.25) is 0 Å². The monoisotopic (exact) mass is 578 g/mol. The zero-order valence-corrected chi connectivity index (χ0v) is 25.4. The van der Waals surface area contributed by atoms with Gasteiger partial charge in [-0.05, 0) is 69.1 Å². The number of carbonyl (C=O) groups is 2. The van der Waals surface area contributed by atoms with Gasteiger partial charge in [0, 0.05) is 53.4 Å². The standard InChI is InChI=1S/C31H51N3O7/c1-37-23-9-5-17(13-25(23)39-3)15-33-26(35)16-41-18-6-8-22-21(14-18)19-11-12-32-28-20-7-10-24(38-2)30(40-4)27(20)31(36)34(22)29(19)28/h17-25,27-30,32H,5-16H2,1-4H3,(H,33,35)/p+1. The predicted molar refractivity (Wildman–Crippen MR) is 150 cm³/mol. The second kappa shape index (κ2) is 12.7. The van der Waals surface area contributed by atoms with Gasteiger partial charge in [-0.25, -0.2) is 0 Å². The minimum atomic E-state index is -0.173. The molecule has 0 radical (unpaired) electrons. The Balaban J connectivity index is 1.05. The van der Waals surface area contributed by atoms with Gasteiger partial charge in [0.2, 0.25) is 11.8 Å². The molecule has 0 aromatic heterocycles. The molecule has 13 unspecified atom stereocenters. The van der Waals surface area contributed by atoms with E-state index in [0.717, 1.165) is 64.3 Å². The summed E-state index contributed by atoms with van der Waals surface area (Å²) in [6.07, 6.45) is 8.92. The summed E-state index contributed by atoms with van der Waals surface area (Å²) in [5.41, 5.74) is 0. The molecule has 3 saturated heterocycles. The number of rotatable bonds is 9. The Morgan fingerprint density at radius 2 is 1.63 bits per heavy atom. The number of carbonyl (C=O) groups excluding carboxylic acids is 2. The van der Waals surface area contributed by atoms with Crippen molar-refractivity contribution < 1.29 is 38.6 Å². The van der Waals surface area contributed by atoms with Gasteiger partial charge in [-0.15, -0.1) is 0 Å². The SMILES string of the molecule is COC1CCC(CNC(=O)COC2CCC3C(C2)C2CC[NH2+]C4C5CCC(OC)C(OC)C5C(=O)N3C24)CC1OC. The van der Waals surface area contributed by atoms with Crippen LogP contribution in [-0.4, -0.2) is 113 Å². The van der Waals surface area contributed by atoms with Crippen LogP contribution in [0.3, 0.4) is 0 Å². The van der Waals surface area contributed by atoms with Crippen molar-refractivity contribution >= 4 is 11.8 Å². The summed E-state index contributed by atoms with van der Waals surface area (Å²) in [7, 11) is 6.95. The molecule has 0 spiro atoms. The lowest BCUT2D eigenvalue weighted by atomic mass is 9.64. The molecule has 3 saturated carbocycles. The molecule has 0 aromatic carbocycles. The van der Waals surface area contributed by atoms with E-state index in [1.807, 2.05) is 0 Å². The predicted octanol–water partition coefficient (Wildman–Crippen LogP) is 0.719. The maximum absolute atomic E-state index is 14.2. The van der Waals surface area contributed by atoms with Crippen molar-refractivity contribution in [3.63, 3.8) is 0 Å². The number of piperidine rings is 2. The molecule has 6 fully saturated rings. The molecular formula is C31H52N3O7+. The summed E-state index contributed by atoms with van der Waals surface area (Å²) in [5, 5.41) is 5.64. The second-order valence-electron chi connectivity index (χ2n) is 13.5. The highest BCUT2D eigenvalue weighted by molar-refractivity contribution is 5.82. The number of amides is 2. The quantitative estimate of drug-likeness (QED) is 0.415. The van der Waals surface area contributed by atoms with E-state index in [-0.39, 0.29) is 55.0 Å². The number of nitrogens with one attached hydrogen (secondary N) is 1. The lowest BCUT2D eigenvalue weighted by Crippen LogP contribution is -2.99. The first-order valence-electron chi connectivity index (χ1n) is 16.1. The molecule has 10 heteroatoms. The van der Waals surface area contributed by atoms with E-state index >= 15 is 0 Å². The number of quaternary nitrogens is 1. The van der Waals surface area contributed by atoms with Crippen molar-refractivity contribution in [1.82, 2.24) is 10.2 Å². The fourth-order valence-corrected chi connectivity index (χ4v) is 10.0. The highest BCUT2D eigenvalue weighted by Gasteiger charge is 2.66. The van der Waals surface area contributed by atoms with Gasteiger partial charge in [0.1, 0.15) is 12.6 Å². The van der Waals surface area contributed by atoms with Gasteiger partial charge in [0.05, 0.1) is 49.0 Å². The highest BCUT2D eigenvalue weighted by Crippen LogP contribution is 2.53. The van der Waals surface area contributed by atoms with Gasteiger partial charge >= 0.3 is 0 Å². The van der Waals surface area contributed by atoms with Crippen molar-refractivity contribution in [1.29, 1.82) is 0 Å². The Kier molecular flexibility index (Phi) is 9.25. The Bertz CT molecular complexity index is 937. The average molecular weight is 579 g/mol. The third kappa shape index (κ3) is 5.46. The summed E-state index contributed by atoms with van der Waals surface area (Å²) in [5.74, 6) is 1.87. The third-order valence-electron chi connectivity index (χ3n) is 11.9. The van der Waals surface area contributed by atoms with E-state index in [1.54, 1.807) is 28.4 Å². The van der Waals surface area contributed by atoms with Crippen LogP contribution in [0, 0.1) is 29.6 Å². The summed E-state index contributed by atoms with van der Waals surface area (Å²) in [6, 6.07) is 1.03. The van der Waals surface area contributed by atoms with Gasteiger partial charge in [-0.1, -0.05) is 0 Å². The Hall–Kier alpha value is -1.30. The molecule has 0 aromatic rings. The van der Waals surface area contributed by atoms with E-state index in [2.05, 4.69) is 15.5 Å². The molecule has 0 bridgehead atoms. The zero-order valence-electron chi connectivity index (χ0n) is 25.4. The molecule has 3 aliphatic heterocycles. The number of ether oxygens (including phenoxy) is 5. The van der Waals surface area contributed by atoms with E-state index in [0.29, 0.717) is 48.2 Å². The fraction of sp³-hybridized carbons (Fsp3) is 0.935. The lowest BCUT2D eigenvalue weighted by molar-refractivity contribution is -0.713. The van der Waals surface area contributed by atoms with Crippen LogP contribution in [0.5, 0.6) is 0 Å². The molecule has 232 valence electrons. The van der Waals surface area contributed by atoms with Gasteiger partial charge in [-0.3, -0.25) is 9.59 Å². The molecule has 3 heterocycles. The van der Waals surface area contributed by atoms with Crippen molar-refractivity contribution in [3.05, 3.63) is 0 Å². The Morgan fingerprint density at radius 3 is 2.39 bits per heavy atom. The van der Waals surface area contributed by atoms with Gasteiger partial charge in [0.15, 0.2) is 0 Å². The second-order valence-corrected chi connectivity index (χ2v) is 13.5. The number of nitrogens with zero attached hydrogens (tertiary/aromatic N) is 1. The fourth-order valence-electron chi connectivity index (χ4n) is 10.0. The van der Waals surface area contributed by atoms with Crippen LogP contribution in [0.1, 0.15) is 57.8 Å². The number of fused-ring (bicyclic) bond motifs is 5.